The van der Waals surface area contributed by atoms with Crippen LogP contribution in [0.1, 0.15) is 211 Å². The van der Waals surface area contributed by atoms with Crippen molar-refractivity contribution in [3.8, 4) is 11.5 Å². The van der Waals surface area contributed by atoms with Crippen molar-refractivity contribution in [3.63, 3.8) is 0 Å². The molecule has 0 bridgehead atoms. The fourth-order valence-electron chi connectivity index (χ4n) is 9.70. The van der Waals surface area contributed by atoms with Gasteiger partial charge in [-0.2, -0.15) is 0 Å². The van der Waals surface area contributed by atoms with Crippen LogP contribution in [0.2, 0.25) is 0 Å². The summed E-state index contributed by atoms with van der Waals surface area (Å²) in [6.07, 6.45) is 2.63. The smallest absolute Gasteiger partial charge is 0.415 e. The highest BCUT2D eigenvalue weighted by Crippen LogP contribution is 2.52. The number of rotatable bonds is 27. The molecule has 0 aromatic heterocycles. The predicted octanol–water partition coefficient (Wildman–Crippen LogP) is 6.21. The molecule has 7 N–H and O–H groups in total. The van der Waals surface area contributed by atoms with Crippen LogP contribution in [0.4, 0.5) is 4.79 Å². The standard InChI is InChI=1S/C54H73NO19/c1-5-53(4,6-2)74-41(62)25-18-14-10-9-12-16-23-39(60)72-38(59)22-15-11-7-8-13-17-24-40(61)73-52(68)55-35-26-42(70-31(3)47(35)63)71-36-28-54(69,37(58)30-57)27-34-44(36)51(67)46-45(49(34)65)48(64)33-21-19-20-32(29-56)43(33)50(46)66/h19-21,31,35-36,42,47,56-57,63,65,67,69H,5-18,22-30H2,1-4H3,(H,55,68)/t31?,35?,36-,42-,47?,54+/m0/s1. The van der Waals surface area contributed by atoms with Gasteiger partial charge in [0.1, 0.15) is 35.4 Å². The van der Waals surface area contributed by atoms with E-state index >= 15 is 0 Å². The van der Waals surface area contributed by atoms with Crippen LogP contribution in [0.5, 0.6) is 11.5 Å². The number of aromatic hydroxyl groups is 2. The Morgan fingerprint density at radius 3 is 1.81 bits per heavy atom. The summed E-state index contributed by atoms with van der Waals surface area (Å²) in [5, 5.41) is 68.1. The number of hydrogen-bond donors (Lipinski definition) is 7. The predicted molar refractivity (Wildman–Crippen MR) is 262 cm³/mol. The lowest BCUT2D eigenvalue weighted by molar-refractivity contribution is -0.249. The highest BCUT2D eigenvalue weighted by atomic mass is 16.7. The minimum atomic E-state index is -2.41. The first-order valence-electron chi connectivity index (χ1n) is 26.0. The number of esters is 4. The molecule has 1 aliphatic heterocycles. The Balaban J connectivity index is 1.02. The molecule has 6 atom stereocenters. The molecule has 3 unspecified atom stereocenters. The first-order valence-corrected chi connectivity index (χ1v) is 26.0. The van der Waals surface area contributed by atoms with E-state index in [1.54, 1.807) is 0 Å². The van der Waals surface area contributed by atoms with E-state index in [1.807, 2.05) is 20.8 Å². The van der Waals surface area contributed by atoms with E-state index in [0.717, 1.165) is 57.8 Å². The Morgan fingerprint density at radius 1 is 0.743 bits per heavy atom. The maximum absolute atomic E-state index is 14.0. The summed E-state index contributed by atoms with van der Waals surface area (Å²) in [7, 11) is 0. The molecule has 1 fully saturated rings. The Hall–Kier alpha value is -5.64. The van der Waals surface area contributed by atoms with Crippen LogP contribution in [-0.2, 0) is 60.7 Å². The van der Waals surface area contributed by atoms with Gasteiger partial charge in [0, 0.05) is 67.2 Å². The SMILES string of the molecule is CCC(C)(CC)OC(=O)CCCCCCCCC(=O)OC(=O)CCCCCCCCC(=O)OC(=O)NC1C[C@H](O[C@H]2C[C@@](O)(C(=O)CO)Cc3c(O)c4c(c(O)c32)C(=O)c2c(CO)cccc2C4=O)OC(C)C1O. The van der Waals surface area contributed by atoms with Gasteiger partial charge in [-0.15, -0.1) is 0 Å². The Kier molecular flexibility index (Phi) is 21.8. The third kappa shape index (κ3) is 15.0. The molecule has 1 heterocycles. The van der Waals surface area contributed by atoms with E-state index in [0.29, 0.717) is 38.5 Å². The lowest BCUT2D eigenvalue weighted by Crippen LogP contribution is -2.56. The Labute approximate surface area is 430 Å². The maximum atomic E-state index is 14.0. The number of unbranched alkanes of at least 4 members (excludes halogenated alkanes) is 10. The van der Waals surface area contributed by atoms with Crippen LogP contribution in [0.25, 0.3) is 0 Å². The van der Waals surface area contributed by atoms with Crippen molar-refractivity contribution in [1.82, 2.24) is 5.32 Å². The van der Waals surface area contributed by atoms with Crippen LogP contribution in [0, 0.1) is 0 Å². The summed E-state index contributed by atoms with van der Waals surface area (Å²) in [6, 6.07) is 3.00. The summed E-state index contributed by atoms with van der Waals surface area (Å²) < 4.78 is 27.5. The third-order valence-corrected chi connectivity index (χ3v) is 14.5. The minimum absolute atomic E-state index is 0.0874. The number of ketones is 3. The molecule has 408 valence electrons. The molecule has 1 amide bonds. The molecular weight excluding hydrogens is 967 g/mol. The monoisotopic (exact) mass is 1040 g/mol. The second-order valence-electron chi connectivity index (χ2n) is 19.8. The molecule has 3 aliphatic rings. The molecule has 2 aliphatic carbocycles. The third-order valence-electron chi connectivity index (χ3n) is 14.5. The largest absolute Gasteiger partial charge is 0.507 e. The van der Waals surface area contributed by atoms with Crippen molar-refractivity contribution < 1.29 is 92.7 Å². The van der Waals surface area contributed by atoms with Crippen molar-refractivity contribution in [2.45, 2.75) is 211 Å². The number of Topliss-reactive ketones (excluding diaryl/α,β-unsaturated/α-hetero) is 1. The number of phenols is 2. The molecule has 2 aromatic carbocycles. The van der Waals surface area contributed by atoms with Crippen LogP contribution in [0.3, 0.4) is 0 Å². The number of aliphatic hydroxyl groups excluding tert-OH is 3. The van der Waals surface area contributed by atoms with Crippen molar-refractivity contribution in [2.75, 3.05) is 6.61 Å². The lowest BCUT2D eigenvalue weighted by atomic mass is 9.71. The number of aliphatic hydroxyl groups is 4. The second kappa shape index (κ2) is 27.2. The molecule has 5 rings (SSSR count). The highest BCUT2D eigenvalue weighted by molar-refractivity contribution is 6.31. The first kappa shape index (κ1) is 59.2. The van der Waals surface area contributed by atoms with Gasteiger partial charge in [0.15, 0.2) is 23.6 Å². The lowest BCUT2D eigenvalue weighted by Gasteiger charge is -2.42. The number of hydrogen-bond acceptors (Lipinski definition) is 19. The van der Waals surface area contributed by atoms with E-state index in [4.69, 9.17) is 23.7 Å². The van der Waals surface area contributed by atoms with Gasteiger partial charge in [-0.1, -0.05) is 83.4 Å². The van der Waals surface area contributed by atoms with Crippen molar-refractivity contribution >= 4 is 47.3 Å². The zero-order valence-electron chi connectivity index (χ0n) is 42.9. The number of carbonyl (C=O) groups is 8. The molecule has 1 saturated heterocycles. The van der Waals surface area contributed by atoms with Gasteiger partial charge < -0.3 is 59.6 Å². The summed E-state index contributed by atoms with van der Waals surface area (Å²) >= 11 is 0. The van der Waals surface area contributed by atoms with Crippen molar-refractivity contribution in [1.29, 1.82) is 0 Å². The molecule has 20 nitrogen and oxygen atoms in total. The number of fused-ring (bicyclic) bond motifs is 3. The second-order valence-corrected chi connectivity index (χ2v) is 19.8. The average Bonchev–Trinajstić information content (AvgIpc) is 3.36. The highest BCUT2D eigenvalue weighted by Gasteiger charge is 2.50. The first-order chi connectivity index (χ1) is 35.2. The number of carbonyl (C=O) groups excluding carboxylic acids is 8. The van der Waals surface area contributed by atoms with E-state index in [1.165, 1.54) is 25.1 Å². The number of nitrogens with one attached hydrogen (secondary N) is 1. The molecule has 0 saturated carbocycles. The van der Waals surface area contributed by atoms with Crippen LogP contribution >= 0.6 is 0 Å². The zero-order valence-corrected chi connectivity index (χ0v) is 42.9. The van der Waals surface area contributed by atoms with E-state index in [-0.39, 0.29) is 59.5 Å². The van der Waals surface area contributed by atoms with Gasteiger partial charge in [0.25, 0.3) is 0 Å². The summed E-state index contributed by atoms with van der Waals surface area (Å²) in [6.45, 7) is 5.65. The van der Waals surface area contributed by atoms with Crippen molar-refractivity contribution in [2.24, 2.45) is 0 Å². The molecule has 2 aromatic rings. The fraction of sp³-hybridized carbons (Fsp3) is 0.630. The molecule has 0 radical (unpaired) electrons. The number of amides is 1. The number of ether oxygens (including phenoxy) is 5. The van der Waals surface area contributed by atoms with Gasteiger partial charge >= 0.3 is 30.0 Å². The van der Waals surface area contributed by atoms with Gasteiger partial charge in [0.2, 0.25) is 0 Å². The molecular formula is C54H73NO19. The van der Waals surface area contributed by atoms with E-state index < -0.39 is 132 Å². The average molecular weight is 1040 g/mol. The Morgan fingerprint density at radius 2 is 1.27 bits per heavy atom. The van der Waals surface area contributed by atoms with Crippen molar-refractivity contribution in [3.05, 3.63) is 57.1 Å². The zero-order chi connectivity index (χ0) is 54.3. The van der Waals surface area contributed by atoms with Gasteiger partial charge in [-0.3, -0.25) is 33.6 Å². The molecule has 0 spiro atoms. The maximum Gasteiger partial charge on any atom is 0.415 e. The van der Waals surface area contributed by atoms with E-state index in [9.17, 15) is 69.0 Å². The van der Waals surface area contributed by atoms with Gasteiger partial charge in [-0.05, 0) is 57.9 Å². The van der Waals surface area contributed by atoms with Gasteiger partial charge in [0.05, 0.1) is 36.0 Å². The molecule has 74 heavy (non-hydrogen) atoms. The van der Waals surface area contributed by atoms with Gasteiger partial charge in [-0.25, -0.2) is 4.79 Å². The van der Waals surface area contributed by atoms with Crippen LogP contribution in [-0.4, -0.2) is 120 Å². The fourth-order valence-corrected chi connectivity index (χ4v) is 9.70. The van der Waals surface area contributed by atoms with Crippen LogP contribution in [0.15, 0.2) is 18.2 Å². The minimum Gasteiger partial charge on any atom is -0.507 e. The summed E-state index contributed by atoms with van der Waals surface area (Å²) in [5.41, 5.74) is -4.84. The summed E-state index contributed by atoms with van der Waals surface area (Å²) in [5.74, 6) is -6.57. The quantitative estimate of drug-likeness (QED) is 0.0147. The number of alkyl carbamates (subject to hydrolysis) is 1. The number of phenolic OH excluding ortho intramolecular Hbond substituents is 2. The molecule has 20 heteroatoms. The topological polar surface area (TPSA) is 316 Å². The normalized spacial score (nSPS) is 21.2. The Bertz CT molecular complexity index is 2380. The number of benzene rings is 2. The van der Waals surface area contributed by atoms with E-state index in [2.05, 4.69) is 5.32 Å². The summed E-state index contributed by atoms with van der Waals surface area (Å²) in [4.78, 5) is 103. The van der Waals surface area contributed by atoms with Crippen LogP contribution < -0.4 is 5.32 Å².